The molecule has 2 aromatic carbocycles. The van der Waals surface area contributed by atoms with E-state index < -0.39 is 26.9 Å². The average Bonchev–Trinajstić information content (AvgIpc) is 2.94. The van der Waals surface area contributed by atoms with Gasteiger partial charge in [0.1, 0.15) is 17.8 Å². The Morgan fingerprint density at radius 1 is 1.10 bits per heavy atom. The first-order chi connectivity index (χ1) is 19.0. The molecule has 0 unspecified atom stereocenters. The Labute approximate surface area is 230 Å². The van der Waals surface area contributed by atoms with Gasteiger partial charge >= 0.3 is 0 Å². The molecule has 3 heterocycles. The second-order valence-electron chi connectivity index (χ2n) is 9.59. The van der Waals surface area contributed by atoms with Gasteiger partial charge in [0.25, 0.3) is 23.3 Å². The Balaban J connectivity index is 1.39. The number of anilines is 1. The Hall–Kier alpha value is -4.71. The third-order valence-corrected chi connectivity index (χ3v) is 8.83. The zero-order valence-corrected chi connectivity index (χ0v) is 22.7. The molecule has 3 amide bonds. The summed E-state index contributed by atoms with van der Waals surface area (Å²) in [6.45, 7) is 7.84. The number of amides is 3. The van der Waals surface area contributed by atoms with Gasteiger partial charge in [-0.25, -0.2) is 4.98 Å². The van der Waals surface area contributed by atoms with E-state index in [0.29, 0.717) is 22.5 Å². The number of benzene rings is 2. The standard InChI is InChI=1S/C28H27N5O6S/c1-17(27(36)32-10-12-40(4,38)13-11-32)30-26(35)18(2)33-16-29-25-20(6-5-7-21(25)28(33)37)19-8-9-23-22(14-19)31(3)24(34)15-39-23/h5-9,14,16H,1-2,4,10-13,15H2,3H3,(H,30,35). The number of nitrogens with one attached hydrogen (secondary N) is 1. The summed E-state index contributed by atoms with van der Waals surface area (Å²) in [6.07, 6.45) is 1.20. The van der Waals surface area contributed by atoms with Gasteiger partial charge in [0, 0.05) is 37.2 Å². The fourth-order valence-corrected chi connectivity index (χ4v) is 5.86. The first-order valence-corrected chi connectivity index (χ1v) is 14.4. The molecule has 206 valence electrons. The molecular weight excluding hydrogens is 534 g/mol. The molecule has 1 aromatic heterocycles. The fraction of sp³-hybridized carbons (Fsp3) is 0.214. The highest BCUT2D eigenvalue weighted by molar-refractivity contribution is 8.00. The van der Waals surface area contributed by atoms with Crippen LogP contribution in [0.2, 0.25) is 0 Å². The van der Waals surface area contributed by atoms with Gasteiger partial charge < -0.3 is 19.9 Å². The molecule has 3 aromatic rings. The Bertz CT molecular complexity index is 1780. The van der Waals surface area contributed by atoms with Crippen LogP contribution in [0.15, 0.2) is 66.4 Å². The zero-order chi connectivity index (χ0) is 28.8. The number of nitrogens with zero attached hydrogens (tertiary/aromatic N) is 4. The first kappa shape index (κ1) is 26.9. The number of likely N-dealkylation sites (N-methyl/N-ethyl adjacent to an activating group) is 1. The summed E-state index contributed by atoms with van der Waals surface area (Å²) in [5.41, 5.74) is 1.41. The van der Waals surface area contributed by atoms with Gasteiger partial charge in [-0.3, -0.25) is 28.0 Å². The van der Waals surface area contributed by atoms with Gasteiger partial charge in [-0.05, 0) is 39.2 Å². The molecule has 40 heavy (non-hydrogen) atoms. The summed E-state index contributed by atoms with van der Waals surface area (Å²) in [5, 5.41) is 2.65. The van der Waals surface area contributed by atoms with Crippen molar-refractivity contribution >= 4 is 55.4 Å². The molecule has 1 saturated heterocycles. The summed E-state index contributed by atoms with van der Waals surface area (Å²) in [6, 6.07) is 10.5. The zero-order valence-electron chi connectivity index (χ0n) is 21.8. The van der Waals surface area contributed by atoms with Crippen LogP contribution in [0, 0.1) is 0 Å². The van der Waals surface area contributed by atoms with Crippen molar-refractivity contribution in [3.8, 4) is 16.9 Å². The molecule has 0 aliphatic carbocycles. The number of aromatic nitrogens is 2. The third kappa shape index (κ3) is 4.89. The summed E-state index contributed by atoms with van der Waals surface area (Å²) < 4.78 is 18.6. The van der Waals surface area contributed by atoms with Gasteiger partial charge in [-0.15, -0.1) is 0 Å². The molecule has 0 atom stereocenters. The minimum atomic E-state index is -2.19. The first-order valence-electron chi connectivity index (χ1n) is 12.3. The lowest BCUT2D eigenvalue weighted by molar-refractivity contribution is -0.128. The van der Waals surface area contributed by atoms with Gasteiger partial charge in [0.2, 0.25) is 0 Å². The van der Waals surface area contributed by atoms with Crippen LogP contribution in [0.4, 0.5) is 5.69 Å². The quantitative estimate of drug-likeness (QED) is 0.364. The lowest BCUT2D eigenvalue weighted by Crippen LogP contribution is -2.46. The molecule has 11 nitrogen and oxygen atoms in total. The summed E-state index contributed by atoms with van der Waals surface area (Å²) in [5.74, 6) is 3.33. The van der Waals surface area contributed by atoms with E-state index in [4.69, 9.17) is 4.74 Å². The van der Waals surface area contributed by atoms with Crippen molar-refractivity contribution in [2.75, 3.05) is 43.1 Å². The van der Waals surface area contributed by atoms with E-state index in [1.54, 1.807) is 37.4 Å². The number of rotatable bonds is 5. The highest BCUT2D eigenvalue weighted by atomic mass is 32.2. The highest BCUT2D eigenvalue weighted by Crippen LogP contribution is 2.36. The number of ether oxygens (including phenoxy) is 1. The monoisotopic (exact) mass is 561 g/mol. The van der Waals surface area contributed by atoms with E-state index in [0.717, 1.165) is 10.1 Å². The van der Waals surface area contributed by atoms with Crippen molar-refractivity contribution < 1.29 is 23.3 Å². The van der Waals surface area contributed by atoms with E-state index in [-0.39, 0.29) is 53.9 Å². The van der Waals surface area contributed by atoms with Crippen molar-refractivity contribution in [1.82, 2.24) is 19.8 Å². The van der Waals surface area contributed by atoms with Crippen LogP contribution in [-0.4, -0.2) is 80.5 Å². The maximum Gasteiger partial charge on any atom is 0.272 e. The molecule has 2 aliphatic rings. The molecule has 0 radical (unpaired) electrons. The number of fused-ring (bicyclic) bond motifs is 2. The van der Waals surface area contributed by atoms with Crippen LogP contribution in [-0.2, 0) is 23.9 Å². The number of carbonyl (C=O) groups is 3. The Morgan fingerprint density at radius 2 is 1.82 bits per heavy atom. The molecule has 5 rings (SSSR count). The number of hydrogen-bond donors (Lipinski definition) is 1. The van der Waals surface area contributed by atoms with Gasteiger partial charge in [0.05, 0.1) is 22.3 Å². The fourth-order valence-electron chi connectivity index (χ4n) is 4.55. The van der Waals surface area contributed by atoms with Crippen LogP contribution in [0.3, 0.4) is 0 Å². The third-order valence-electron chi connectivity index (χ3n) is 6.97. The van der Waals surface area contributed by atoms with E-state index in [9.17, 15) is 23.4 Å². The molecule has 0 saturated carbocycles. The lowest BCUT2D eigenvalue weighted by atomic mass is 10.0. The Morgan fingerprint density at radius 3 is 2.55 bits per heavy atom. The molecule has 0 bridgehead atoms. The minimum absolute atomic E-state index is 0.0328. The Kier molecular flexibility index (Phi) is 6.80. The van der Waals surface area contributed by atoms with Gasteiger partial charge in [-0.2, -0.15) is 0 Å². The summed E-state index contributed by atoms with van der Waals surface area (Å²) in [7, 11) is -0.525. The maximum atomic E-state index is 13.4. The number of carbonyl (C=O) groups excluding carboxylic acids is 3. The van der Waals surface area contributed by atoms with Crippen molar-refractivity contribution in [1.29, 1.82) is 0 Å². The predicted molar refractivity (Wildman–Crippen MR) is 155 cm³/mol. The number of hydrogen-bond acceptors (Lipinski definition) is 7. The van der Waals surface area contributed by atoms with Crippen LogP contribution in [0.1, 0.15) is 0 Å². The maximum absolute atomic E-state index is 13.4. The number of para-hydroxylation sites is 1. The predicted octanol–water partition coefficient (Wildman–Crippen LogP) is 1.08. The van der Waals surface area contributed by atoms with Crippen LogP contribution >= 0.6 is 0 Å². The van der Waals surface area contributed by atoms with Crippen LogP contribution in [0.5, 0.6) is 5.75 Å². The van der Waals surface area contributed by atoms with E-state index in [1.807, 2.05) is 6.07 Å². The average molecular weight is 562 g/mol. The second-order valence-corrected chi connectivity index (χ2v) is 12.3. The van der Waals surface area contributed by atoms with E-state index in [2.05, 4.69) is 29.3 Å². The molecule has 1 fully saturated rings. The molecule has 12 heteroatoms. The smallest absolute Gasteiger partial charge is 0.272 e. The lowest BCUT2D eigenvalue weighted by Gasteiger charge is -2.29. The largest absolute Gasteiger partial charge is 0.482 e. The highest BCUT2D eigenvalue weighted by Gasteiger charge is 2.26. The van der Waals surface area contributed by atoms with E-state index in [1.165, 1.54) is 16.1 Å². The summed E-state index contributed by atoms with van der Waals surface area (Å²) in [4.78, 5) is 58.5. The van der Waals surface area contributed by atoms with Crippen molar-refractivity contribution in [2.45, 2.75) is 0 Å². The van der Waals surface area contributed by atoms with Crippen molar-refractivity contribution in [3.05, 3.63) is 71.9 Å². The van der Waals surface area contributed by atoms with Crippen LogP contribution < -0.4 is 20.5 Å². The molecule has 1 N–H and O–H groups in total. The van der Waals surface area contributed by atoms with Crippen LogP contribution in [0.25, 0.3) is 27.7 Å². The SMILES string of the molecule is C=C(NC(=O)C(=C)n1cnc2c(-c3ccc4c(c3)N(C)C(=O)CO4)cccc2c1=O)C(=O)N1CCS(=C)(=O)CC1. The molecular formula is C28H27N5O6S. The molecule has 0 spiro atoms. The van der Waals surface area contributed by atoms with Crippen molar-refractivity contribution in [3.63, 3.8) is 0 Å². The van der Waals surface area contributed by atoms with Gasteiger partial charge in [-0.1, -0.05) is 31.4 Å². The molecule has 2 aliphatic heterocycles. The topological polar surface area (TPSA) is 131 Å². The normalized spacial score (nSPS) is 16.2. The minimum Gasteiger partial charge on any atom is -0.482 e. The second kappa shape index (κ2) is 10.1. The van der Waals surface area contributed by atoms with Crippen molar-refractivity contribution in [2.24, 2.45) is 0 Å². The van der Waals surface area contributed by atoms with E-state index >= 15 is 0 Å². The van der Waals surface area contributed by atoms with Gasteiger partial charge in [0.15, 0.2) is 6.61 Å². The summed E-state index contributed by atoms with van der Waals surface area (Å²) >= 11 is 0.